The number of halogens is 1. The number of hydrogen-bond acceptors (Lipinski definition) is 1. The van der Waals surface area contributed by atoms with Gasteiger partial charge in [-0.05, 0) is 30.5 Å². The van der Waals surface area contributed by atoms with Crippen LogP contribution in [-0.4, -0.2) is 5.91 Å². The molecule has 3 heteroatoms. The Labute approximate surface area is 94.6 Å². The largest absolute Gasteiger partial charge is 0.325 e. The molecule has 1 aromatic carbocycles. The molecule has 0 unspecified atom stereocenters. The van der Waals surface area contributed by atoms with E-state index >= 15 is 0 Å². The lowest BCUT2D eigenvalue weighted by molar-refractivity contribution is -0.121. The van der Waals surface area contributed by atoms with Crippen LogP contribution < -0.4 is 5.32 Å². The summed E-state index contributed by atoms with van der Waals surface area (Å²) in [6.07, 6.45) is 0. The van der Waals surface area contributed by atoms with Crippen molar-refractivity contribution in [1.82, 2.24) is 0 Å². The highest BCUT2D eigenvalue weighted by Gasteiger charge is 2.44. The van der Waals surface area contributed by atoms with E-state index in [1.807, 2.05) is 25.1 Å². The Morgan fingerprint density at radius 2 is 2.07 bits per heavy atom. The second kappa shape index (κ2) is 3.24. The van der Waals surface area contributed by atoms with Crippen molar-refractivity contribution in [3.05, 3.63) is 28.8 Å². The molecule has 0 aliphatic carbocycles. The van der Waals surface area contributed by atoms with Gasteiger partial charge < -0.3 is 5.32 Å². The van der Waals surface area contributed by atoms with Crippen molar-refractivity contribution in [2.75, 3.05) is 5.32 Å². The van der Waals surface area contributed by atoms with Gasteiger partial charge in [0.1, 0.15) is 0 Å². The van der Waals surface area contributed by atoms with Gasteiger partial charge in [-0.2, -0.15) is 0 Å². The van der Waals surface area contributed by atoms with E-state index in [9.17, 15) is 4.79 Å². The highest BCUT2D eigenvalue weighted by atomic mass is 35.5. The Balaban J connectivity index is 2.60. The molecule has 0 bridgehead atoms. The molecule has 2 rings (SSSR count). The van der Waals surface area contributed by atoms with Crippen molar-refractivity contribution in [3.63, 3.8) is 0 Å². The van der Waals surface area contributed by atoms with E-state index < -0.39 is 5.41 Å². The minimum atomic E-state index is -0.431. The van der Waals surface area contributed by atoms with E-state index in [1.54, 1.807) is 0 Å². The van der Waals surface area contributed by atoms with Gasteiger partial charge in [-0.25, -0.2) is 0 Å². The first-order valence-electron chi connectivity index (χ1n) is 5.07. The highest BCUT2D eigenvalue weighted by molar-refractivity contribution is 6.31. The molecular formula is C12H14ClNO. The first kappa shape index (κ1) is 10.5. The second-order valence-corrected chi connectivity index (χ2v) is 4.94. The second-order valence-electron chi connectivity index (χ2n) is 4.50. The quantitative estimate of drug-likeness (QED) is 0.778. The van der Waals surface area contributed by atoms with Crippen LogP contribution in [0, 0.1) is 5.92 Å². The SMILES string of the molecule is CC(C)[C@@]1(C)C(=O)Nc2cc(Cl)ccc21. The first-order chi connectivity index (χ1) is 6.96. The Bertz CT molecular complexity index is 428. The molecule has 1 aliphatic rings. The monoisotopic (exact) mass is 223 g/mol. The molecule has 1 atom stereocenters. The molecule has 1 heterocycles. The molecule has 15 heavy (non-hydrogen) atoms. The van der Waals surface area contributed by atoms with Crippen LogP contribution in [0.4, 0.5) is 5.69 Å². The van der Waals surface area contributed by atoms with Gasteiger partial charge in [0.05, 0.1) is 5.41 Å². The molecule has 0 saturated heterocycles. The lowest BCUT2D eigenvalue weighted by Gasteiger charge is -2.26. The summed E-state index contributed by atoms with van der Waals surface area (Å²) in [6, 6.07) is 5.58. The summed E-state index contributed by atoms with van der Waals surface area (Å²) in [5.74, 6) is 0.328. The van der Waals surface area contributed by atoms with Crippen molar-refractivity contribution < 1.29 is 4.79 Å². The van der Waals surface area contributed by atoms with Crippen LogP contribution >= 0.6 is 11.6 Å². The number of rotatable bonds is 1. The molecule has 1 amide bonds. The fourth-order valence-electron chi connectivity index (χ4n) is 2.02. The minimum Gasteiger partial charge on any atom is -0.325 e. The summed E-state index contributed by atoms with van der Waals surface area (Å²) < 4.78 is 0. The Morgan fingerprint density at radius 1 is 1.40 bits per heavy atom. The maximum absolute atomic E-state index is 12.0. The van der Waals surface area contributed by atoms with Gasteiger partial charge in [0.15, 0.2) is 0 Å². The van der Waals surface area contributed by atoms with Crippen LogP contribution in [0.25, 0.3) is 0 Å². The lowest BCUT2D eigenvalue weighted by atomic mass is 9.74. The van der Waals surface area contributed by atoms with Crippen molar-refractivity contribution >= 4 is 23.2 Å². The van der Waals surface area contributed by atoms with Crippen LogP contribution in [0.3, 0.4) is 0 Å². The van der Waals surface area contributed by atoms with Crippen LogP contribution in [0.15, 0.2) is 18.2 Å². The number of carbonyl (C=O) groups is 1. The van der Waals surface area contributed by atoms with Crippen LogP contribution in [0.2, 0.25) is 5.02 Å². The molecule has 0 fully saturated rings. The molecular weight excluding hydrogens is 210 g/mol. The highest BCUT2D eigenvalue weighted by Crippen LogP contribution is 2.43. The van der Waals surface area contributed by atoms with E-state index in [-0.39, 0.29) is 11.8 Å². The molecule has 0 spiro atoms. The van der Waals surface area contributed by atoms with Crippen LogP contribution in [-0.2, 0) is 10.2 Å². The van der Waals surface area contributed by atoms with Gasteiger partial charge in [-0.1, -0.05) is 31.5 Å². The average Bonchev–Trinajstić information content (AvgIpc) is 2.39. The fourth-order valence-corrected chi connectivity index (χ4v) is 2.19. The number of benzene rings is 1. The summed E-state index contributed by atoms with van der Waals surface area (Å²) in [6.45, 7) is 6.10. The normalized spacial score (nSPS) is 24.2. The summed E-state index contributed by atoms with van der Waals surface area (Å²) >= 11 is 5.89. The fraction of sp³-hybridized carbons (Fsp3) is 0.417. The Morgan fingerprint density at radius 3 is 2.67 bits per heavy atom. The smallest absolute Gasteiger partial charge is 0.235 e. The summed E-state index contributed by atoms with van der Waals surface area (Å²) in [5.41, 5.74) is 1.47. The molecule has 0 aromatic heterocycles. The van der Waals surface area contributed by atoms with Gasteiger partial charge in [0.2, 0.25) is 5.91 Å². The number of fused-ring (bicyclic) bond motifs is 1. The van der Waals surface area contributed by atoms with E-state index in [4.69, 9.17) is 11.6 Å². The molecule has 80 valence electrons. The Kier molecular flexibility index (Phi) is 2.27. The molecule has 1 N–H and O–H groups in total. The first-order valence-corrected chi connectivity index (χ1v) is 5.45. The molecule has 0 radical (unpaired) electrons. The topological polar surface area (TPSA) is 29.1 Å². The summed E-state index contributed by atoms with van der Waals surface area (Å²) in [7, 11) is 0. The lowest BCUT2D eigenvalue weighted by Crippen LogP contribution is -2.36. The van der Waals surface area contributed by atoms with E-state index in [1.165, 1.54) is 0 Å². The predicted molar refractivity (Wildman–Crippen MR) is 62.3 cm³/mol. The average molecular weight is 224 g/mol. The molecule has 1 aromatic rings. The van der Waals surface area contributed by atoms with E-state index in [0.717, 1.165) is 11.3 Å². The van der Waals surface area contributed by atoms with Gasteiger partial charge >= 0.3 is 0 Å². The zero-order valence-corrected chi connectivity index (χ0v) is 9.85. The van der Waals surface area contributed by atoms with Crippen molar-refractivity contribution in [2.24, 2.45) is 5.92 Å². The molecule has 0 saturated carbocycles. The van der Waals surface area contributed by atoms with Gasteiger partial charge in [-0.3, -0.25) is 4.79 Å². The third-order valence-corrected chi connectivity index (χ3v) is 3.65. The summed E-state index contributed by atoms with van der Waals surface area (Å²) in [4.78, 5) is 12.0. The maximum atomic E-state index is 12.0. The van der Waals surface area contributed by atoms with Gasteiger partial charge in [0, 0.05) is 10.7 Å². The van der Waals surface area contributed by atoms with Crippen molar-refractivity contribution in [1.29, 1.82) is 0 Å². The maximum Gasteiger partial charge on any atom is 0.235 e. The summed E-state index contributed by atoms with van der Waals surface area (Å²) in [5, 5.41) is 3.54. The zero-order chi connectivity index (χ0) is 11.2. The van der Waals surface area contributed by atoms with Gasteiger partial charge in [0.25, 0.3) is 0 Å². The number of amides is 1. The number of anilines is 1. The van der Waals surface area contributed by atoms with Gasteiger partial charge in [-0.15, -0.1) is 0 Å². The molecule has 1 aliphatic heterocycles. The predicted octanol–water partition coefficient (Wildman–Crippen LogP) is 3.21. The Hall–Kier alpha value is -1.02. The minimum absolute atomic E-state index is 0.0646. The number of hydrogen-bond donors (Lipinski definition) is 1. The third kappa shape index (κ3) is 1.36. The standard InChI is InChI=1S/C12H14ClNO/c1-7(2)12(3)9-5-4-8(13)6-10(9)14-11(12)15/h4-7H,1-3H3,(H,14,15)/t12-/m1/s1. The van der Waals surface area contributed by atoms with Crippen LogP contribution in [0.5, 0.6) is 0 Å². The van der Waals surface area contributed by atoms with Crippen LogP contribution in [0.1, 0.15) is 26.3 Å². The van der Waals surface area contributed by atoms with Crippen molar-refractivity contribution in [3.8, 4) is 0 Å². The van der Waals surface area contributed by atoms with Crippen molar-refractivity contribution in [2.45, 2.75) is 26.2 Å². The third-order valence-electron chi connectivity index (χ3n) is 3.42. The van der Waals surface area contributed by atoms with E-state index in [2.05, 4.69) is 19.2 Å². The number of nitrogens with one attached hydrogen (secondary N) is 1. The number of carbonyl (C=O) groups excluding carboxylic acids is 1. The van der Waals surface area contributed by atoms with E-state index in [0.29, 0.717) is 5.02 Å². The zero-order valence-electron chi connectivity index (χ0n) is 9.10. The molecule has 2 nitrogen and oxygen atoms in total.